The van der Waals surface area contributed by atoms with Gasteiger partial charge in [0.2, 0.25) is 11.8 Å². The summed E-state index contributed by atoms with van der Waals surface area (Å²) in [7, 11) is 0. The van der Waals surface area contributed by atoms with Gasteiger partial charge >= 0.3 is 6.18 Å². The van der Waals surface area contributed by atoms with Gasteiger partial charge in [-0.2, -0.15) is 13.2 Å². The summed E-state index contributed by atoms with van der Waals surface area (Å²) >= 11 is 5.85. The van der Waals surface area contributed by atoms with E-state index in [2.05, 4.69) is 10.6 Å². The fourth-order valence-corrected chi connectivity index (χ4v) is 2.74. The zero-order valence-electron chi connectivity index (χ0n) is 13.3. The molecule has 8 heteroatoms. The number of alkyl halides is 3. The number of carbonyl (C=O) groups is 2. The average Bonchev–Trinajstić information content (AvgIpc) is 3.35. The van der Waals surface area contributed by atoms with Crippen LogP contribution in [0.5, 0.6) is 0 Å². The lowest BCUT2D eigenvalue weighted by Crippen LogP contribution is -2.20. The van der Waals surface area contributed by atoms with E-state index in [0.29, 0.717) is 17.1 Å². The van der Waals surface area contributed by atoms with E-state index >= 15 is 0 Å². The van der Waals surface area contributed by atoms with Crippen LogP contribution in [0.2, 0.25) is 5.02 Å². The Morgan fingerprint density at radius 3 is 2.04 bits per heavy atom. The first-order valence-electron chi connectivity index (χ1n) is 7.78. The number of carbonyl (C=O) groups excluding carboxylic acids is 2. The van der Waals surface area contributed by atoms with Gasteiger partial charge in [-0.15, -0.1) is 0 Å². The highest BCUT2D eigenvalue weighted by Gasteiger charge is 2.48. The van der Waals surface area contributed by atoms with Crippen molar-refractivity contribution in [3.05, 3.63) is 59.1 Å². The molecule has 0 aliphatic heterocycles. The summed E-state index contributed by atoms with van der Waals surface area (Å²) in [6.07, 6.45) is -4.04. The van der Waals surface area contributed by atoms with Crippen LogP contribution in [0.15, 0.2) is 48.5 Å². The largest absolute Gasteiger partial charge is 0.416 e. The molecule has 1 aliphatic carbocycles. The average molecular weight is 383 g/mol. The second-order valence-electron chi connectivity index (χ2n) is 6.01. The minimum Gasteiger partial charge on any atom is -0.326 e. The van der Waals surface area contributed by atoms with Crippen LogP contribution in [0.25, 0.3) is 0 Å². The molecule has 1 fully saturated rings. The molecule has 0 bridgehead atoms. The first kappa shape index (κ1) is 18.3. The van der Waals surface area contributed by atoms with Crippen LogP contribution < -0.4 is 10.6 Å². The molecule has 2 aromatic carbocycles. The van der Waals surface area contributed by atoms with Crippen molar-refractivity contribution in [2.45, 2.75) is 12.6 Å². The van der Waals surface area contributed by atoms with Crippen molar-refractivity contribution in [2.24, 2.45) is 11.8 Å². The van der Waals surface area contributed by atoms with E-state index in [4.69, 9.17) is 11.6 Å². The van der Waals surface area contributed by atoms with E-state index < -0.39 is 29.5 Å². The Balaban J connectivity index is 1.54. The first-order valence-corrected chi connectivity index (χ1v) is 8.16. The van der Waals surface area contributed by atoms with Gasteiger partial charge in [-0.25, -0.2) is 0 Å². The molecule has 0 aromatic heterocycles. The molecule has 4 nitrogen and oxygen atoms in total. The molecule has 2 N–H and O–H groups in total. The third kappa shape index (κ3) is 4.35. The first-order chi connectivity index (χ1) is 12.2. The minimum atomic E-state index is -4.43. The van der Waals surface area contributed by atoms with Crippen molar-refractivity contribution in [3.63, 3.8) is 0 Å². The van der Waals surface area contributed by atoms with Gasteiger partial charge in [-0.05, 0) is 48.9 Å². The predicted octanol–water partition coefficient (Wildman–Crippen LogP) is 4.57. The Labute approximate surface area is 152 Å². The molecule has 26 heavy (non-hydrogen) atoms. The Kier molecular flexibility index (Phi) is 4.91. The number of amides is 2. The number of hydrogen-bond acceptors (Lipinski definition) is 2. The molecule has 0 heterocycles. The summed E-state index contributed by atoms with van der Waals surface area (Å²) in [5.41, 5.74) is 0.000828. The van der Waals surface area contributed by atoms with E-state index in [1.54, 1.807) is 24.3 Å². The Morgan fingerprint density at radius 1 is 0.923 bits per heavy atom. The maximum Gasteiger partial charge on any atom is 0.416 e. The highest BCUT2D eigenvalue weighted by atomic mass is 35.5. The Morgan fingerprint density at radius 2 is 1.50 bits per heavy atom. The summed E-state index contributed by atoms with van der Waals surface area (Å²) in [5.74, 6) is -1.66. The van der Waals surface area contributed by atoms with Crippen molar-refractivity contribution < 1.29 is 22.8 Å². The monoisotopic (exact) mass is 382 g/mol. The maximum atomic E-state index is 12.5. The van der Waals surface area contributed by atoms with Crippen LogP contribution in [0, 0.1) is 11.8 Å². The molecule has 2 atom stereocenters. The van der Waals surface area contributed by atoms with E-state index in [-0.39, 0.29) is 11.6 Å². The number of halogens is 4. The third-order valence-electron chi connectivity index (χ3n) is 4.04. The van der Waals surface area contributed by atoms with E-state index in [0.717, 1.165) is 12.1 Å². The van der Waals surface area contributed by atoms with Gasteiger partial charge in [0.05, 0.1) is 17.4 Å². The number of nitrogens with one attached hydrogen (secondary N) is 2. The van der Waals surface area contributed by atoms with Crippen LogP contribution in [0.1, 0.15) is 12.0 Å². The standard InChI is InChI=1S/C18H14ClF3N2O2/c19-11-2-1-3-13(8-11)24-17(26)15-9-14(15)16(25)23-12-6-4-10(5-7-12)18(20,21)22/h1-8,14-15H,9H2,(H,23,25)(H,24,26). The number of rotatable bonds is 4. The fourth-order valence-electron chi connectivity index (χ4n) is 2.55. The lowest BCUT2D eigenvalue weighted by Gasteiger charge is -2.09. The molecular weight excluding hydrogens is 369 g/mol. The second kappa shape index (κ2) is 6.99. The van der Waals surface area contributed by atoms with Gasteiger partial charge in [0.15, 0.2) is 0 Å². The predicted molar refractivity (Wildman–Crippen MR) is 91.8 cm³/mol. The van der Waals surface area contributed by atoms with E-state index in [9.17, 15) is 22.8 Å². The zero-order valence-corrected chi connectivity index (χ0v) is 14.1. The van der Waals surface area contributed by atoms with Crippen LogP contribution in [-0.2, 0) is 15.8 Å². The summed E-state index contributed by atoms with van der Waals surface area (Å²) in [5, 5.41) is 5.70. The Hall–Kier alpha value is -2.54. The topological polar surface area (TPSA) is 58.2 Å². The van der Waals surface area contributed by atoms with Gasteiger partial charge in [0.1, 0.15) is 0 Å². The van der Waals surface area contributed by atoms with Crippen LogP contribution in [0.4, 0.5) is 24.5 Å². The van der Waals surface area contributed by atoms with Crippen LogP contribution in [0.3, 0.4) is 0 Å². The normalized spacial score (nSPS) is 18.9. The highest BCUT2D eigenvalue weighted by molar-refractivity contribution is 6.30. The molecule has 2 aromatic rings. The molecule has 136 valence electrons. The summed E-state index contributed by atoms with van der Waals surface area (Å²) in [6.45, 7) is 0. The van der Waals surface area contributed by atoms with Crippen LogP contribution in [-0.4, -0.2) is 11.8 Å². The number of hydrogen-bond donors (Lipinski definition) is 2. The number of benzene rings is 2. The molecular formula is C18H14ClF3N2O2. The van der Waals surface area contributed by atoms with Crippen molar-refractivity contribution in [1.29, 1.82) is 0 Å². The lowest BCUT2D eigenvalue weighted by atomic mass is 10.2. The van der Waals surface area contributed by atoms with Crippen molar-refractivity contribution >= 4 is 34.8 Å². The van der Waals surface area contributed by atoms with Gasteiger partial charge < -0.3 is 10.6 Å². The third-order valence-corrected chi connectivity index (χ3v) is 4.27. The van der Waals surface area contributed by atoms with Crippen molar-refractivity contribution in [1.82, 2.24) is 0 Å². The van der Waals surface area contributed by atoms with Crippen molar-refractivity contribution in [2.75, 3.05) is 10.6 Å². The highest BCUT2D eigenvalue weighted by Crippen LogP contribution is 2.40. The summed E-state index contributed by atoms with van der Waals surface area (Å²) < 4.78 is 37.6. The molecule has 3 rings (SSSR count). The molecule has 2 unspecified atom stereocenters. The lowest BCUT2D eigenvalue weighted by molar-refractivity contribution is -0.137. The summed E-state index contributed by atoms with van der Waals surface area (Å²) in [4.78, 5) is 24.3. The zero-order chi connectivity index (χ0) is 18.9. The van der Waals surface area contributed by atoms with Crippen LogP contribution >= 0.6 is 11.6 Å². The summed E-state index contributed by atoms with van der Waals surface area (Å²) in [6, 6.07) is 10.8. The van der Waals surface area contributed by atoms with Gasteiger partial charge in [0, 0.05) is 16.4 Å². The molecule has 1 aliphatic rings. The maximum absolute atomic E-state index is 12.5. The molecule has 0 saturated heterocycles. The second-order valence-corrected chi connectivity index (χ2v) is 6.45. The molecule has 0 spiro atoms. The quantitative estimate of drug-likeness (QED) is 0.813. The van der Waals surface area contributed by atoms with Gasteiger partial charge in [-0.1, -0.05) is 17.7 Å². The molecule has 0 radical (unpaired) electrons. The van der Waals surface area contributed by atoms with Crippen molar-refractivity contribution in [3.8, 4) is 0 Å². The smallest absolute Gasteiger partial charge is 0.326 e. The van der Waals surface area contributed by atoms with E-state index in [1.807, 2.05) is 0 Å². The number of anilines is 2. The van der Waals surface area contributed by atoms with Gasteiger partial charge in [0.25, 0.3) is 0 Å². The SMILES string of the molecule is O=C(Nc1ccc(C(F)(F)F)cc1)C1CC1C(=O)Nc1cccc(Cl)c1. The fraction of sp³-hybridized carbons (Fsp3) is 0.222. The Bertz CT molecular complexity index is 837. The minimum absolute atomic E-state index is 0.254. The van der Waals surface area contributed by atoms with E-state index in [1.165, 1.54) is 12.1 Å². The molecule has 2 amide bonds. The molecule has 1 saturated carbocycles. The van der Waals surface area contributed by atoms with Gasteiger partial charge in [-0.3, -0.25) is 9.59 Å².